The van der Waals surface area contributed by atoms with Gasteiger partial charge in [-0.15, -0.1) is 0 Å². The highest BCUT2D eigenvalue weighted by molar-refractivity contribution is 4.86. The van der Waals surface area contributed by atoms with Crippen molar-refractivity contribution in [3.63, 3.8) is 0 Å². The van der Waals surface area contributed by atoms with Crippen LogP contribution in [0, 0.1) is 5.92 Å². The molecule has 1 unspecified atom stereocenters. The molecule has 0 aromatic rings. The van der Waals surface area contributed by atoms with E-state index in [0.29, 0.717) is 6.04 Å². The van der Waals surface area contributed by atoms with Crippen LogP contribution in [0.1, 0.15) is 19.3 Å². The fraction of sp³-hybridized carbons (Fsp3) is 1.00. The minimum absolute atomic E-state index is 0.679. The van der Waals surface area contributed by atoms with Gasteiger partial charge in [0.25, 0.3) is 0 Å². The second kappa shape index (κ2) is 2.27. The lowest BCUT2D eigenvalue weighted by Gasteiger charge is -2.29. The molecule has 2 heteroatoms. The van der Waals surface area contributed by atoms with Gasteiger partial charge in [0.1, 0.15) is 0 Å². The summed E-state index contributed by atoms with van der Waals surface area (Å²) in [4.78, 5) is 0. The summed E-state index contributed by atoms with van der Waals surface area (Å²) < 4.78 is 0. The van der Waals surface area contributed by atoms with E-state index in [0.717, 1.165) is 19.1 Å². The van der Waals surface area contributed by atoms with Gasteiger partial charge in [-0.2, -0.15) is 0 Å². The molecule has 0 aromatic heterocycles. The molecule has 1 N–H and O–H groups in total. The summed E-state index contributed by atoms with van der Waals surface area (Å²) >= 11 is 0. The van der Waals surface area contributed by atoms with Gasteiger partial charge in [-0.05, 0) is 18.8 Å². The summed E-state index contributed by atoms with van der Waals surface area (Å²) in [6.45, 7) is 2.05. The Kier molecular flexibility index (Phi) is 1.44. The van der Waals surface area contributed by atoms with Crippen LogP contribution in [0.3, 0.4) is 0 Å². The van der Waals surface area contributed by atoms with Gasteiger partial charge in [0.2, 0.25) is 0 Å². The lowest BCUT2D eigenvalue weighted by molar-refractivity contribution is 0.251. The molecule has 2 aliphatic rings. The molecule has 1 atom stereocenters. The van der Waals surface area contributed by atoms with Crippen molar-refractivity contribution in [1.29, 1.82) is 0 Å². The number of nitrogens with zero attached hydrogens (tertiary/aromatic N) is 1. The lowest BCUT2D eigenvalue weighted by Crippen LogP contribution is -2.33. The predicted molar refractivity (Wildman–Crippen MR) is 36.1 cm³/mol. The van der Waals surface area contributed by atoms with E-state index in [-0.39, 0.29) is 0 Å². The molecule has 1 aliphatic carbocycles. The first-order valence-electron chi connectivity index (χ1n) is 3.84. The molecule has 1 heterocycles. The van der Waals surface area contributed by atoms with Gasteiger partial charge in [0.15, 0.2) is 0 Å². The van der Waals surface area contributed by atoms with E-state index in [4.69, 9.17) is 0 Å². The quantitative estimate of drug-likeness (QED) is 0.536. The first kappa shape index (κ1) is 5.69. The summed E-state index contributed by atoms with van der Waals surface area (Å²) in [5.41, 5.74) is 0. The van der Waals surface area contributed by atoms with Crippen molar-refractivity contribution in [3.05, 3.63) is 0 Å². The molecule has 1 aliphatic heterocycles. The van der Waals surface area contributed by atoms with Gasteiger partial charge in [0, 0.05) is 12.6 Å². The normalized spacial score (nSPS) is 36.7. The van der Waals surface area contributed by atoms with Gasteiger partial charge >= 0.3 is 0 Å². The van der Waals surface area contributed by atoms with Crippen molar-refractivity contribution in [1.82, 2.24) is 10.6 Å². The first-order valence-corrected chi connectivity index (χ1v) is 3.84. The maximum atomic E-state index is 4.45. The Bertz CT molecular complexity index is 93.1. The molecule has 0 spiro atoms. The van der Waals surface area contributed by atoms with E-state index in [2.05, 4.69) is 10.6 Å². The average molecular weight is 125 g/mol. The van der Waals surface area contributed by atoms with Crippen LogP contribution in [-0.2, 0) is 0 Å². The largest absolute Gasteiger partial charge is 0.302 e. The van der Waals surface area contributed by atoms with Crippen molar-refractivity contribution in [3.8, 4) is 0 Å². The van der Waals surface area contributed by atoms with E-state index in [9.17, 15) is 0 Å². The maximum Gasteiger partial charge on any atom is 0.0628 e. The van der Waals surface area contributed by atoms with Crippen molar-refractivity contribution in [2.75, 3.05) is 13.2 Å². The topological polar surface area (TPSA) is 26.1 Å². The summed E-state index contributed by atoms with van der Waals surface area (Å²) in [5.74, 6) is 0.944. The Morgan fingerprint density at radius 3 is 2.67 bits per heavy atom. The van der Waals surface area contributed by atoms with Crippen molar-refractivity contribution < 1.29 is 0 Å². The fourth-order valence-corrected chi connectivity index (χ4v) is 1.60. The van der Waals surface area contributed by atoms with Crippen molar-refractivity contribution in [2.24, 2.45) is 5.92 Å². The van der Waals surface area contributed by atoms with Gasteiger partial charge in [-0.1, -0.05) is 6.42 Å². The Balaban J connectivity index is 1.82. The monoisotopic (exact) mass is 125 g/mol. The maximum absolute atomic E-state index is 4.45. The molecule has 0 amide bonds. The molecule has 51 valence electrons. The molecule has 0 bridgehead atoms. The zero-order valence-electron chi connectivity index (χ0n) is 5.64. The average Bonchev–Trinajstić information content (AvgIpc) is 2.11. The van der Waals surface area contributed by atoms with Crippen LogP contribution in [0.5, 0.6) is 0 Å². The summed E-state index contributed by atoms with van der Waals surface area (Å²) in [7, 11) is 0. The van der Waals surface area contributed by atoms with Crippen LogP contribution in [0.15, 0.2) is 0 Å². The zero-order chi connectivity index (χ0) is 6.10. The van der Waals surface area contributed by atoms with E-state index >= 15 is 0 Å². The van der Waals surface area contributed by atoms with Gasteiger partial charge < -0.3 is 5.32 Å². The smallest absolute Gasteiger partial charge is 0.0628 e. The predicted octanol–water partition coefficient (Wildman–Crippen LogP) is 0.320. The Morgan fingerprint density at radius 2 is 2.22 bits per heavy atom. The van der Waals surface area contributed by atoms with Crippen LogP contribution >= 0.6 is 0 Å². The molecule has 2 nitrogen and oxygen atoms in total. The van der Waals surface area contributed by atoms with E-state index < -0.39 is 0 Å². The Morgan fingerprint density at radius 1 is 1.33 bits per heavy atom. The molecule has 2 fully saturated rings. The Labute approximate surface area is 56.0 Å². The lowest BCUT2D eigenvalue weighted by atomic mass is 9.80. The van der Waals surface area contributed by atoms with Crippen molar-refractivity contribution >= 4 is 0 Å². The van der Waals surface area contributed by atoms with Gasteiger partial charge in [-0.3, -0.25) is 0 Å². The van der Waals surface area contributed by atoms with E-state index in [1.807, 2.05) is 0 Å². The molecular formula is C7H13N2. The highest BCUT2D eigenvalue weighted by atomic mass is 15.2. The second-order valence-electron chi connectivity index (χ2n) is 3.05. The Hall–Kier alpha value is -0.0800. The first-order chi connectivity index (χ1) is 4.47. The molecule has 2 rings (SSSR count). The number of nitrogens with one attached hydrogen (secondary N) is 1. The third kappa shape index (κ3) is 0.970. The minimum Gasteiger partial charge on any atom is -0.302 e. The van der Waals surface area contributed by atoms with Crippen LogP contribution in [0.2, 0.25) is 0 Å². The van der Waals surface area contributed by atoms with Gasteiger partial charge in [-0.25, -0.2) is 5.32 Å². The second-order valence-corrected chi connectivity index (χ2v) is 3.05. The van der Waals surface area contributed by atoms with Crippen molar-refractivity contribution in [2.45, 2.75) is 25.3 Å². The highest BCUT2D eigenvalue weighted by Gasteiger charge is 2.29. The third-order valence-electron chi connectivity index (χ3n) is 2.49. The van der Waals surface area contributed by atoms with Crippen LogP contribution in [-0.4, -0.2) is 19.3 Å². The van der Waals surface area contributed by atoms with Crippen LogP contribution in [0.25, 0.3) is 0 Å². The summed E-state index contributed by atoms with van der Waals surface area (Å²) in [6, 6.07) is 0.679. The summed E-state index contributed by atoms with van der Waals surface area (Å²) in [6.07, 6.45) is 4.29. The van der Waals surface area contributed by atoms with E-state index in [1.165, 1.54) is 19.3 Å². The molecule has 0 aromatic carbocycles. The molecule has 1 saturated heterocycles. The van der Waals surface area contributed by atoms with Crippen LogP contribution in [0.4, 0.5) is 0 Å². The third-order valence-corrected chi connectivity index (χ3v) is 2.49. The molecule has 9 heavy (non-hydrogen) atoms. The zero-order valence-corrected chi connectivity index (χ0v) is 5.64. The fourth-order valence-electron chi connectivity index (χ4n) is 1.60. The van der Waals surface area contributed by atoms with E-state index in [1.54, 1.807) is 0 Å². The van der Waals surface area contributed by atoms with Crippen LogP contribution < -0.4 is 10.6 Å². The number of rotatable bonds is 1. The SMILES string of the molecule is C1CC(C2CNC[N]2)C1. The number of hydrogen-bond acceptors (Lipinski definition) is 1. The number of hydrogen-bond donors (Lipinski definition) is 1. The minimum atomic E-state index is 0.679. The summed E-state index contributed by atoms with van der Waals surface area (Å²) in [5, 5.41) is 7.70. The molecular weight excluding hydrogens is 112 g/mol. The standard InChI is InChI=1S/C7H13N2/c1-2-6(3-1)7-4-8-5-9-7/h6-8H,1-5H2. The molecule has 1 saturated carbocycles. The highest BCUT2D eigenvalue weighted by Crippen LogP contribution is 2.30. The van der Waals surface area contributed by atoms with Gasteiger partial charge in [0.05, 0.1) is 6.67 Å². The molecule has 1 radical (unpaired) electrons.